The number of fused-ring (bicyclic) bond motifs is 4. The van der Waals surface area contributed by atoms with E-state index in [1.165, 1.54) is 13.2 Å². The van der Waals surface area contributed by atoms with E-state index in [9.17, 15) is 4.79 Å². The van der Waals surface area contributed by atoms with E-state index in [4.69, 9.17) is 38.6 Å². The highest BCUT2D eigenvalue weighted by Gasteiger charge is 2.45. The monoisotopic (exact) mass is 915 g/mol. The predicted molar refractivity (Wildman–Crippen MR) is 253 cm³/mol. The van der Waals surface area contributed by atoms with Crippen molar-refractivity contribution in [2.24, 2.45) is 0 Å². The number of ether oxygens (including phenoxy) is 5. The van der Waals surface area contributed by atoms with Gasteiger partial charge in [-0.25, -0.2) is 13.6 Å². The second-order valence-corrected chi connectivity index (χ2v) is 25.2. The minimum atomic E-state index is -2.32. The number of aromatic nitrogens is 3. The Balaban J connectivity index is 1.38. The van der Waals surface area contributed by atoms with Crippen LogP contribution in [0, 0.1) is 23.1 Å². The Labute approximate surface area is 383 Å². The minimum absolute atomic E-state index is 0.0146. The molecular weight excluding hydrogens is 849 g/mol. The van der Waals surface area contributed by atoms with Gasteiger partial charge in [-0.2, -0.15) is 9.97 Å². The first-order chi connectivity index (χ1) is 30.9. The number of pyridine rings is 1. The van der Waals surface area contributed by atoms with E-state index in [0.717, 1.165) is 39.0 Å². The van der Waals surface area contributed by atoms with Crippen molar-refractivity contribution in [2.75, 3.05) is 78.3 Å². The number of methoxy groups -OCH3 is 2. The molecule has 2 aromatic carbocycles. The van der Waals surface area contributed by atoms with E-state index in [1.807, 2.05) is 25.7 Å². The fourth-order valence-electron chi connectivity index (χ4n) is 10.3. The van der Waals surface area contributed by atoms with Gasteiger partial charge in [0.2, 0.25) is 0 Å². The second-order valence-electron chi connectivity index (χ2n) is 19.6. The second kappa shape index (κ2) is 20.1. The van der Waals surface area contributed by atoms with E-state index in [-0.39, 0.29) is 60.5 Å². The van der Waals surface area contributed by atoms with Crippen LogP contribution in [0.1, 0.15) is 80.7 Å². The quantitative estimate of drug-likeness (QED) is 0.0741. The molecule has 3 saturated heterocycles. The molecule has 13 nitrogen and oxygen atoms in total. The van der Waals surface area contributed by atoms with Gasteiger partial charge in [-0.3, -0.25) is 14.8 Å². The molecule has 1 amide bonds. The van der Waals surface area contributed by atoms with Gasteiger partial charge < -0.3 is 33.9 Å². The number of amides is 1. The van der Waals surface area contributed by atoms with Crippen molar-refractivity contribution < 1.29 is 37.3 Å². The molecule has 2 bridgehead atoms. The molecule has 0 radical (unpaired) electrons. The number of piperazine rings is 2. The average molecular weight is 916 g/mol. The maximum atomic E-state index is 17.9. The Hall–Kier alpha value is -4.66. The topological polar surface area (TPSA) is 124 Å². The molecule has 0 saturated carbocycles. The maximum Gasteiger partial charge on any atom is 0.410 e. The van der Waals surface area contributed by atoms with E-state index >= 15 is 8.78 Å². The summed E-state index contributed by atoms with van der Waals surface area (Å²) in [4.78, 5) is 34.1. The summed E-state index contributed by atoms with van der Waals surface area (Å²) in [6.45, 7) is 24.0. The van der Waals surface area contributed by atoms with Crippen LogP contribution in [0.25, 0.3) is 32.9 Å². The summed E-state index contributed by atoms with van der Waals surface area (Å²) in [6.07, 6.45) is 2.50. The van der Waals surface area contributed by atoms with Crippen molar-refractivity contribution in [1.29, 1.82) is 0 Å². The van der Waals surface area contributed by atoms with Crippen LogP contribution in [0.2, 0.25) is 16.6 Å². The first-order valence-corrected chi connectivity index (χ1v) is 25.3. The van der Waals surface area contributed by atoms with Gasteiger partial charge >= 0.3 is 12.1 Å². The third-order valence-corrected chi connectivity index (χ3v) is 19.6. The van der Waals surface area contributed by atoms with Crippen molar-refractivity contribution >= 4 is 41.7 Å². The fraction of sp³-hybridized carbons (Fsp3) is 0.592. The molecule has 16 heteroatoms. The number of benzene rings is 2. The molecule has 2 unspecified atom stereocenters. The Morgan fingerprint density at radius 2 is 1.63 bits per heavy atom. The lowest BCUT2D eigenvalue weighted by molar-refractivity contribution is 0.0122. The van der Waals surface area contributed by atoms with Gasteiger partial charge in [0, 0.05) is 77.2 Å². The Bertz CT molecular complexity index is 2380. The maximum absolute atomic E-state index is 17.9. The standard InChI is InChI=1S/C49H67F2N7O6Si/c1-30(2)65(31(3)4,32(5)6)21-16-38-41(50)15-12-33-22-36(63-29-60-10)23-39(42(33)38)44-43(51)45-40(24-53-44)46(55-47(54-45)62-28-37(61-11)27-56-19-17-52-18-20-56)57-25-34-13-14-35(26-57)58(34)48(59)64-49(7,8)9/h12,15,22-24,30-32,34-35,37,52H,13-14,17-20,25-29H2,1-11H3/t34?,35?,37-/m1/s1. The third-order valence-electron chi connectivity index (χ3n) is 13.3. The van der Waals surface area contributed by atoms with E-state index in [2.05, 4.69) is 68.1 Å². The third kappa shape index (κ3) is 10.2. The Morgan fingerprint density at radius 1 is 0.954 bits per heavy atom. The first kappa shape index (κ1) is 48.3. The molecule has 7 rings (SSSR count). The molecular formula is C49H67F2N7O6Si. The van der Waals surface area contributed by atoms with Gasteiger partial charge in [0.05, 0.1) is 23.0 Å². The molecule has 352 valence electrons. The van der Waals surface area contributed by atoms with E-state index < -0.39 is 25.3 Å². The van der Waals surface area contributed by atoms with Crippen LogP contribution < -0.4 is 19.7 Å². The summed E-state index contributed by atoms with van der Waals surface area (Å²) in [7, 11) is 0.845. The van der Waals surface area contributed by atoms with Gasteiger partial charge in [0.15, 0.2) is 12.6 Å². The van der Waals surface area contributed by atoms with Gasteiger partial charge in [0.25, 0.3) is 0 Å². The molecule has 2 aromatic heterocycles. The molecule has 3 aliphatic rings. The SMILES string of the molecule is COCOc1cc(-c2ncc3c(N4CC5CCC(C4)N5C(=O)OC(C)(C)C)nc(OC[C@@H](CN4CCNCC4)OC)nc3c2F)c2c(C#C[Si](C(C)C)(C(C)C)C(C)C)c(F)ccc2c1. The molecule has 1 N–H and O–H groups in total. The number of hydrogen-bond donors (Lipinski definition) is 1. The smallest absolute Gasteiger partial charge is 0.410 e. The Morgan fingerprint density at radius 3 is 2.25 bits per heavy atom. The van der Waals surface area contributed by atoms with Gasteiger partial charge in [0.1, 0.15) is 55.0 Å². The normalized spacial score (nSPS) is 18.8. The molecule has 0 spiro atoms. The largest absolute Gasteiger partial charge is 0.468 e. The molecule has 3 fully saturated rings. The van der Waals surface area contributed by atoms with Crippen molar-refractivity contribution in [3.63, 3.8) is 0 Å². The van der Waals surface area contributed by atoms with Gasteiger partial charge in [-0.1, -0.05) is 53.5 Å². The van der Waals surface area contributed by atoms with Crippen LogP contribution in [-0.4, -0.2) is 136 Å². The molecule has 4 aromatic rings. The van der Waals surface area contributed by atoms with Crippen molar-refractivity contribution in [3.05, 3.63) is 47.7 Å². The predicted octanol–water partition coefficient (Wildman–Crippen LogP) is 8.56. The number of halogens is 2. The lowest BCUT2D eigenvalue weighted by Crippen LogP contribution is -2.57. The van der Waals surface area contributed by atoms with Crippen LogP contribution >= 0.6 is 0 Å². The summed E-state index contributed by atoms with van der Waals surface area (Å²) < 4.78 is 63.4. The molecule has 3 aliphatic heterocycles. The van der Waals surface area contributed by atoms with E-state index in [1.54, 1.807) is 31.5 Å². The summed E-state index contributed by atoms with van der Waals surface area (Å²) in [5, 5.41) is 4.77. The minimum Gasteiger partial charge on any atom is -0.468 e. The number of nitrogens with zero attached hydrogens (tertiary/aromatic N) is 6. The van der Waals surface area contributed by atoms with Gasteiger partial charge in [-0.05, 0) is 73.8 Å². The van der Waals surface area contributed by atoms with Crippen LogP contribution in [0.5, 0.6) is 11.8 Å². The summed E-state index contributed by atoms with van der Waals surface area (Å²) in [6, 6.07) is 6.18. The highest BCUT2D eigenvalue weighted by atomic mass is 28.3. The number of hydrogen-bond acceptors (Lipinski definition) is 12. The summed E-state index contributed by atoms with van der Waals surface area (Å²) in [5.74, 6) is 2.93. The zero-order valence-electron chi connectivity index (χ0n) is 40.0. The first-order valence-electron chi connectivity index (χ1n) is 23.1. The van der Waals surface area contributed by atoms with E-state index in [0.29, 0.717) is 69.5 Å². The number of nitrogens with one attached hydrogen (secondary N) is 1. The number of carbonyl (C=O) groups excluding carboxylic acids is 1. The number of carbonyl (C=O) groups is 1. The average Bonchev–Trinajstić information content (AvgIpc) is 3.53. The highest BCUT2D eigenvalue weighted by molar-refractivity contribution is 6.90. The number of anilines is 1. The number of rotatable bonds is 14. The zero-order chi connectivity index (χ0) is 46.8. The molecule has 3 atom stereocenters. The fourth-order valence-corrected chi connectivity index (χ4v) is 15.5. The molecule has 65 heavy (non-hydrogen) atoms. The van der Waals surface area contributed by atoms with Crippen LogP contribution in [0.3, 0.4) is 0 Å². The summed E-state index contributed by atoms with van der Waals surface area (Å²) >= 11 is 0. The lowest BCUT2D eigenvalue weighted by atomic mass is 9.95. The molecule has 0 aliphatic carbocycles. The molecule has 5 heterocycles. The lowest BCUT2D eigenvalue weighted by Gasteiger charge is -2.42. The van der Waals surface area contributed by atoms with Crippen LogP contribution in [-0.2, 0) is 14.2 Å². The van der Waals surface area contributed by atoms with Crippen LogP contribution in [0.15, 0.2) is 30.5 Å². The highest BCUT2D eigenvalue weighted by Crippen LogP contribution is 2.43. The van der Waals surface area contributed by atoms with Crippen LogP contribution in [0.4, 0.5) is 19.4 Å². The van der Waals surface area contributed by atoms with Gasteiger partial charge in [-0.15, -0.1) is 5.54 Å². The zero-order valence-corrected chi connectivity index (χ0v) is 41.0. The van der Waals surface area contributed by atoms with Crippen molar-refractivity contribution in [1.82, 2.24) is 30.1 Å². The Kier molecular flexibility index (Phi) is 14.9. The summed E-state index contributed by atoms with van der Waals surface area (Å²) in [5.41, 5.74) is 4.37. The van der Waals surface area contributed by atoms with Crippen molar-refractivity contribution in [3.8, 4) is 34.5 Å². The van der Waals surface area contributed by atoms with Crippen molar-refractivity contribution in [2.45, 2.75) is 116 Å².